The molecule has 1 amide bonds. The third-order valence-electron chi connectivity index (χ3n) is 6.81. The summed E-state index contributed by atoms with van der Waals surface area (Å²) in [6.07, 6.45) is 3.88. The molecule has 0 spiro atoms. The van der Waals surface area contributed by atoms with Gasteiger partial charge in [-0.05, 0) is 62.2 Å². The number of hydrogen-bond acceptors (Lipinski definition) is 5. The van der Waals surface area contributed by atoms with Crippen molar-refractivity contribution in [2.75, 3.05) is 50.3 Å². The molecule has 196 valence electrons. The number of carbonyl (C=O) groups excluding carboxylic acids is 1. The van der Waals surface area contributed by atoms with Gasteiger partial charge < -0.3 is 20.3 Å². The van der Waals surface area contributed by atoms with Crippen molar-refractivity contribution in [2.45, 2.75) is 6.42 Å². The van der Waals surface area contributed by atoms with Crippen molar-refractivity contribution in [2.24, 2.45) is 27.7 Å². The van der Waals surface area contributed by atoms with Gasteiger partial charge in [0.15, 0.2) is 0 Å². The van der Waals surface area contributed by atoms with E-state index >= 15 is 0 Å². The monoisotopic (exact) mass is 545 g/mol. The quantitative estimate of drug-likeness (QED) is 0.176. The zero-order chi connectivity index (χ0) is 26.5. The lowest BCUT2D eigenvalue weighted by atomic mass is 10.1. The molecule has 2 fully saturated rings. The molecule has 2 aromatic carbocycles. The molecule has 2 aliphatic rings. The van der Waals surface area contributed by atoms with Crippen LogP contribution in [-0.4, -0.2) is 63.0 Å². The number of halogens is 3. The van der Waals surface area contributed by atoms with E-state index in [4.69, 9.17) is 27.9 Å². The van der Waals surface area contributed by atoms with Gasteiger partial charge in [-0.1, -0.05) is 17.7 Å². The van der Waals surface area contributed by atoms with Crippen molar-refractivity contribution in [3.8, 4) is 5.75 Å². The lowest BCUT2D eigenvalue weighted by Crippen LogP contribution is -2.19. The minimum Gasteiger partial charge on any atom is -0.491 e. The SMILES string of the molecule is C=Nc1cc(OCCC2C3CN(C)CC23)c(NC(=O)/C=C/CCl)cc1C(=NC)Nc1ccc(F)c(Cl)c1. The van der Waals surface area contributed by atoms with Crippen LogP contribution in [0, 0.1) is 23.6 Å². The summed E-state index contributed by atoms with van der Waals surface area (Å²) in [5, 5.41) is 5.98. The van der Waals surface area contributed by atoms with Crippen LogP contribution >= 0.6 is 23.2 Å². The fourth-order valence-corrected chi connectivity index (χ4v) is 5.25. The van der Waals surface area contributed by atoms with E-state index < -0.39 is 5.82 Å². The number of nitrogens with one attached hydrogen (secondary N) is 2. The smallest absolute Gasteiger partial charge is 0.248 e. The zero-order valence-corrected chi connectivity index (χ0v) is 22.3. The Kier molecular flexibility index (Phi) is 8.84. The van der Waals surface area contributed by atoms with E-state index in [1.165, 1.54) is 18.2 Å². The number of rotatable bonds is 10. The minimum absolute atomic E-state index is 0.0169. The maximum absolute atomic E-state index is 13.6. The molecule has 0 bridgehead atoms. The van der Waals surface area contributed by atoms with Gasteiger partial charge in [0.05, 0.1) is 23.0 Å². The fourth-order valence-electron chi connectivity index (χ4n) is 4.98. The van der Waals surface area contributed by atoms with Gasteiger partial charge in [0.25, 0.3) is 0 Å². The Morgan fingerprint density at radius 2 is 2.03 bits per heavy atom. The molecule has 37 heavy (non-hydrogen) atoms. The number of alkyl halides is 1. The van der Waals surface area contributed by atoms with Crippen LogP contribution in [0.1, 0.15) is 12.0 Å². The van der Waals surface area contributed by atoms with E-state index in [0.717, 1.165) is 31.3 Å². The van der Waals surface area contributed by atoms with Crippen LogP contribution in [0.3, 0.4) is 0 Å². The molecule has 2 atom stereocenters. The van der Waals surface area contributed by atoms with Crippen LogP contribution < -0.4 is 15.4 Å². The zero-order valence-electron chi connectivity index (χ0n) is 20.8. The van der Waals surface area contributed by atoms with Gasteiger partial charge in [-0.2, -0.15) is 0 Å². The van der Waals surface area contributed by atoms with Crippen molar-refractivity contribution in [3.63, 3.8) is 0 Å². The molecule has 7 nitrogen and oxygen atoms in total. The normalized spacial score (nSPS) is 21.1. The number of amides is 1. The Morgan fingerprint density at radius 3 is 2.68 bits per heavy atom. The largest absolute Gasteiger partial charge is 0.491 e. The molecule has 4 rings (SSSR count). The van der Waals surface area contributed by atoms with E-state index in [1.807, 2.05) is 0 Å². The van der Waals surface area contributed by atoms with Gasteiger partial charge in [0, 0.05) is 49.4 Å². The Balaban J connectivity index is 1.57. The number of allylic oxidation sites excluding steroid dienone is 1. The number of hydrogen-bond donors (Lipinski definition) is 2. The first-order chi connectivity index (χ1) is 17.8. The second kappa shape index (κ2) is 12.1. The average Bonchev–Trinajstić information content (AvgIpc) is 3.34. The van der Waals surface area contributed by atoms with E-state index in [0.29, 0.717) is 46.7 Å². The first-order valence-corrected chi connectivity index (χ1v) is 12.9. The number of aliphatic imine (C=N–C) groups is 2. The molecule has 1 heterocycles. The number of nitrogens with zero attached hydrogens (tertiary/aromatic N) is 3. The van der Waals surface area contributed by atoms with E-state index in [2.05, 4.69) is 39.3 Å². The number of fused-ring (bicyclic) bond motifs is 1. The van der Waals surface area contributed by atoms with Crippen LogP contribution in [0.4, 0.5) is 21.5 Å². The predicted octanol–water partition coefficient (Wildman–Crippen LogP) is 5.61. The van der Waals surface area contributed by atoms with E-state index in [-0.39, 0.29) is 16.8 Å². The summed E-state index contributed by atoms with van der Waals surface area (Å²) in [5.74, 6) is 2.48. The topological polar surface area (TPSA) is 78.3 Å². The van der Waals surface area contributed by atoms with Gasteiger partial charge in [-0.15, -0.1) is 11.6 Å². The molecule has 1 saturated heterocycles. The predicted molar refractivity (Wildman–Crippen MR) is 150 cm³/mol. The fraction of sp³-hybridized carbons (Fsp3) is 0.370. The van der Waals surface area contributed by atoms with E-state index in [1.54, 1.807) is 31.3 Å². The van der Waals surface area contributed by atoms with Crippen LogP contribution in [-0.2, 0) is 4.79 Å². The van der Waals surface area contributed by atoms with Crippen molar-refractivity contribution in [1.29, 1.82) is 0 Å². The Labute approximate surface area is 226 Å². The highest BCUT2D eigenvalue weighted by molar-refractivity contribution is 6.31. The molecule has 0 aromatic heterocycles. The standard InChI is InChI=1S/C27H30Cl2FN5O2/c1-31-23-13-25(37-10-8-17-19-14-35(3)15-20(17)19)24(34-26(36)5-4-9-28)12-18(23)27(32-2)33-16-6-7-22(30)21(29)11-16/h4-7,11-13,17,19-20H,1,8-10,14-15H2,2-3H3,(H,32,33)(H,34,36)/b5-4+. The maximum Gasteiger partial charge on any atom is 0.248 e. The van der Waals surface area contributed by atoms with Crippen molar-refractivity contribution < 1.29 is 13.9 Å². The van der Waals surface area contributed by atoms with Crippen LogP contribution in [0.25, 0.3) is 0 Å². The van der Waals surface area contributed by atoms with Crippen molar-refractivity contribution in [1.82, 2.24) is 4.90 Å². The second-order valence-electron chi connectivity index (χ2n) is 9.25. The number of ether oxygens (including phenoxy) is 1. The lowest BCUT2D eigenvalue weighted by Gasteiger charge is -2.18. The number of piperidine rings is 1. The second-order valence-corrected chi connectivity index (χ2v) is 9.96. The summed E-state index contributed by atoms with van der Waals surface area (Å²) < 4.78 is 19.8. The van der Waals surface area contributed by atoms with Gasteiger partial charge in [0.2, 0.25) is 5.91 Å². The number of benzene rings is 2. The summed E-state index contributed by atoms with van der Waals surface area (Å²) in [4.78, 5) is 23.4. The van der Waals surface area contributed by atoms with Gasteiger partial charge in [0.1, 0.15) is 17.4 Å². The molecular formula is C27H30Cl2FN5O2. The van der Waals surface area contributed by atoms with E-state index in [9.17, 15) is 9.18 Å². The third kappa shape index (κ3) is 6.50. The summed E-state index contributed by atoms with van der Waals surface area (Å²) in [6, 6.07) is 7.74. The van der Waals surface area contributed by atoms with Crippen LogP contribution in [0.5, 0.6) is 5.75 Å². The highest BCUT2D eigenvalue weighted by Gasteiger charge is 2.53. The average molecular weight is 546 g/mol. The minimum atomic E-state index is -0.519. The maximum atomic E-state index is 13.6. The molecule has 1 aliphatic carbocycles. The number of carbonyl (C=O) groups is 1. The lowest BCUT2D eigenvalue weighted by molar-refractivity contribution is -0.111. The van der Waals surface area contributed by atoms with Crippen molar-refractivity contribution >= 4 is 58.7 Å². The van der Waals surface area contributed by atoms with Gasteiger partial charge in [-0.25, -0.2) is 4.39 Å². The summed E-state index contributed by atoms with van der Waals surface area (Å²) in [7, 11) is 3.77. The van der Waals surface area contributed by atoms with Crippen LogP contribution in [0.15, 0.2) is 52.5 Å². The summed E-state index contributed by atoms with van der Waals surface area (Å²) in [6.45, 7) is 6.52. The first-order valence-electron chi connectivity index (χ1n) is 12.0. The molecule has 2 aromatic rings. The Hall–Kier alpha value is -2.94. The third-order valence-corrected chi connectivity index (χ3v) is 7.28. The number of amidine groups is 1. The van der Waals surface area contributed by atoms with Gasteiger partial charge >= 0.3 is 0 Å². The highest BCUT2D eigenvalue weighted by Crippen LogP contribution is 2.53. The summed E-state index contributed by atoms with van der Waals surface area (Å²) >= 11 is 11.6. The van der Waals surface area contributed by atoms with Crippen LogP contribution in [0.2, 0.25) is 5.02 Å². The molecular weight excluding hydrogens is 516 g/mol. The molecule has 1 saturated carbocycles. The number of anilines is 2. The molecule has 1 aliphatic heterocycles. The first kappa shape index (κ1) is 27.1. The highest BCUT2D eigenvalue weighted by atomic mass is 35.5. The number of likely N-dealkylation sites (tertiary alicyclic amines) is 1. The Morgan fingerprint density at radius 1 is 1.27 bits per heavy atom. The Bertz CT molecular complexity index is 1220. The molecule has 2 unspecified atom stereocenters. The van der Waals surface area contributed by atoms with Crippen molar-refractivity contribution in [3.05, 3.63) is 58.9 Å². The molecule has 0 radical (unpaired) electrons. The van der Waals surface area contributed by atoms with Gasteiger partial charge in [-0.3, -0.25) is 14.8 Å². The molecule has 2 N–H and O–H groups in total. The summed E-state index contributed by atoms with van der Waals surface area (Å²) in [5.41, 5.74) is 2.08. The molecule has 10 heteroatoms.